The smallest absolute Gasteiger partial charge is 0.409 e. The predicted molar refractivity (Wildman–Crippen MR) is 129 cm³/mol. The minimum atomic E-state index is -4.69. The maximum Gasteiger partial charge on any atom is 0.409 e. The molecule has 1 aromatic rings. The molecule has 1 unspecified atom stereocenters. The van der Waals surface area contributed by atoms with E-state index in [4.69, 9.17) is 22.2 Å². The second-order valence-electron chi connectivity index (χ2n) is 8.68. The van der Waals surface area contributed by atoms with Gasteiger partial charge in [-0.25, -0.2) is 25.6 Å². The number of halogens is 4. The zero-order valence-corrected chi connectivity index (χ0v) is 20.7. The first-order chi connectivity index (χ1) is 17.6. The summed E-state index contributed by atoms with van der Waals surface area (Å²) in [6.07, 6.45) is 0.538. The van der Waals surface area contributed by atoms with Crippen molar-refractivity contribution in [1.29, 1.82) is 0 Å². The van der Waals surface area contributed by atoms with Gasteiger partial charge in [0, 0.05) is 42.3 Å². The molecule has 0 saturated carbocycles. The Kier molecular flexibility index (Phi) is 7.87. The Hall–Kier alpha value is -3.39. The molecule has 37 heavy (non-hydrogen) atoms. The van der Waals surface area contributed by atoms with E-state index in [0.717, 1.165) is 5.57 Å². The maximum atomic E-state index is 13.1. The average molecular weight is 543 g/mol. The highest BCUT2D eigenvalue weighted by molar-refractivity contribution is 6.30. The Labute approximate surface area is 215 Å². The maximum absolute atomic E-state index is 13.1. The van der Waals surface area contributed by atoms with Crippen LogP contribution in [0, 0.1) is 5.92 Å². The number of carbonyl (C=O) groups excluding carboxylic acids is 2. The summed E-state index contributed by atoms with van der Waals surface area (Å²) < 4.78 is 44.0. The molecule has 0 radical (unpaired) electrons. The highest BCUT2D eigenvalue weighted by Crippen LogP contribution is 2.35. The molecule has 4 rings (SSSR count). The van der Waals surface area contributed by atoms with Gasteiger partial charge in [0.15, 0.2) is 5.82 Å². The number of hydrogen-bond acceptors (Lipinski definition) is 9. The lowest BCUT2D eigenvalue weighted by Crippen LogP contribution is -2.63. The number of anilines is 1. The molecule has 0 bridgehead atoms. The molecule has 3 aliphatic heterocycles. The molecule has 3 aliphatic rings. The van der Waals surface area contributed by atoms with Crippen LogP contribution in [0.2, 0.25) is 0 Å². The standard InChI is InChI=1S/C22H26ClF3N8O3/c1-2-7-37-21(36)32-5-6-33(16(11-32)20(35)34(27)12-22(24,25)26)17-3-4-28-19(31-17)15-10-30-18-14(15)8-13(23)9-29-18/h3-4,9-10,14,16H,2,5-8,11-12,27H2,1H3,(H,29,30)/t14?,16-/m0/s1. The third-order valence-corrected chi connectivity index (χ3v) is 6.26. The van der Waals surface area contributed by atoms with Crippen molar-refractivity contribution in [3.8, 4) is 0 Å². The van der Waals surface area contributed by atoms with Gasteiger partial charge in [-0.3, -0.25) is 9.80 Å². The summed E-state index contributed by atoms with van der Waals surface area (Å²) in [6.45, 7) is 0.419. The Balaban J connectivity index is 1.60. The van der Waals surface area contributed by atoms with Crippen LogP contribution in [-0.4, -0.2) is 82.7 Å². The Morgan fingerprint density at radius 2 is 2.14 bits per heavy atom. The molecule has 1 aromatic heterocycles. The van der Waals surface area contributed by atoms with Gasteiger partial charge < -0.3 is 19.9 Å². The largest absolute Gasteiger partial charge is 0.449 e. The topological polar surface area (TPSA) is 129 Å². The Morgan fingerprint density at radius 3 is 2.86 bits per heavy atom. The molecule has 1 fully saturated rings. The normalized spacial score (nSPS) is 21.4. The minimum absolute atomic E-state index is 0.107. The van der Waals surface area contributed by atoms with Crippen LogP contribution in [0.4, 0.5) is 23.8 Å². The second kappa shape index (κ2) is 10.9. The molecule has 11 nitrogen and oxygen atoms in total. The van der Waals surface area contributed by atoms with E-state index in [1.165, 1.54) is 16.0 Å². The highest BCUT2D eigenvalue weighted by Gasteiger charge is 2.41. The zero-order valence-electron chi connectivity index (χ0n) is 19.9. The molecule has 0 aliphatic carbocycles. The van der Waals surface area contributed by atoms with Crippen molar-refractivity contribution in [2.24, 2.45) is 16.8 Å². The summed E-state index contributed by atoms with van der Waals surface area (Å²) in [5, 5.41) is 3.76. The van der Waals surface area contributed by atoms with Crippen LogP contribution in [0.5, 0.6) is 0 Å². The number of nitrogens with one attached hydrogen (secondary N) is 1. The van der Waals surface area contributed by atoms with Crippen LogP contribution < -0.4 is 16.1 Å². The van der Waals surface area contributed by atoms with Crippen molar-refractivity contribution < 1.29 is 27.5 Å². The number of amidine groups is 1. The number of allylic oxidation sites excluding steroid dienone is 1. The molecule has 2 atom stereocenters. The van der Waals surface area contributed by atoms with E-state index in [0.29, 0.717) is 35.4 Å². The summed E-state index contributed by atoms with van der Waals surface area (Å²) >= 11 is 6.16. The first kappa shape index (κ1) is 26.7. The van der Waals surface area contributed by atoms with Gasteiger partial charge in [0.2, 0.25) is 0 Å². The van der Waals surface area contributed by atoms with Gasteiger partial charge >= 0.3 is 12.3 Å². The van der Waals surface area contributed by atoms with E-state index < -0.39 is 30.8 Å². The zero-order chi connectivity index (χ0) is 26.7. The molecule has 0 spiro atoms. The van der Waals surface area contributed by atoms with Crippen LogP contribution in [0.25, 0.3) is 5.57 Å². The minimum Gasteiger partial charge on any atom is -0.449 e. The number of fused-ring (bicyclic) bond motifs is 1. The van der Waals surface area contributed by atoms with Crippen LogP contribution in [0.3, 0.4) is 0 Å². The third-order valence-electron chi connectivity index (χ3n) is 6.00. The average Bonchev–Trinajstić information content (AvgIpc) is 3.28. The number of hydrogen-bond donors (Lipinski definition) is 2. The van der Waals surface area contributed by atoms with Gasteiger partial charge in [-0.05, 0) is 18.9 Å². The van der Waals surface area contributed by atoms with Crippen molar-refractivity contribution in [3.05, 3.63) is 35.5 Å². The van der Waals surface area contributed by atoms with Crippen molar-refractivity contribution >= 4 is 40.8 Å². The molecule has 4 heterocycles. The van der Waals surface area contributed by atoms with Crippen molar-refractivity contribution in [3.63, 3.8) is 0 Å². The van der Waals surface area contributed by atoms with Gasteiger partial charge in [0.25, 0.3) is 5.91 Å². The molecular formula is C22H26ClF3N8O3. The molecule has 0 aromatic carbocycles. The lowest BCUT2D eigenvalue weighted by molar-refractivity contribution is -0.163. The first-order valence-corrected chi connectivity index (χ1v) is 12.0. The van der Waals surface area contributed by atoms with E-state index in [9.17, 15) is 22.8 Å². The molecule has 200 valence electrons. The predicted octanol–water partition coefficient (Wildman–Crippen LogP) is 2.22. The number of amides is 2. The fourth-order valence-corrected chi connectivity index (χ4v) is 4.47. The highest BCUT2D eigenvalue weighted by atomic mass is 35.5. The number of rotatable bonds is 6. The van der Waals surface area contributed by atoms with Crippen molar-refractivity contribution in [2.45, 2.75) is 32.0 Å². The third kappa shape index (κ3) is 6.13. The van der Waals surface area contributed by atoms with Gasteiger partial charge in [-0.2, -0.15) is 13.2 Å². The molecular weight excluding hydrogens is 517 g/mol. The fourth-order valence-electron chi connectivity index (χ4n) is 4.27. The van der Waals surface area contributed by atoms with E-state index in [1.807, 2.05) is 6.92 Å². The second-order valence-corrected chi connectivity index (χ2v) is 9.17. The number of ether oxygens (including phenoxy) is 1. The Bertz CT molecular complexity index is 1140. The summed E-state index contributed by atoms with van der Waals surface area (Å²) in [5.41, 5.74) is 0.731. The number of nitrogens with two attached hydrogens (primary N) is 1. The van der Waals surface area contributed by atoms with E-state index >= 15 is 0 Å². The lowest BCUT2D eigenvalue weighted by atomic mass is 9.95. The number of alkyl halides is 3. The molecule has 2 amide bonds. The van der Waals surface area contributed by atoms with Gasteiger partial charge in [0.05, 0.1) is 19.1 Å². The molecule has 1 saturated heterocycles. The SMILES string of the molecule is CCCOC(=O)N1CCN(c2ccnc(C3=CNC4=NC=C(Cl)CC34)n2)[C@H](C(=O)N(N)CC(F)(F)F)C1. The van der Waals surface area contributed by atoms with E-state index in [2.05, 4.69) is 20.3 Å². The van der Waals surface area contributed by atoms with E-state index in [1.54, 1.807) is 18.5 Å². The van der Waals surface area contributed by atoms with Gasteiger partial charge in [0.1, 0.15) is 24.2 Å². The fraction of sp³-hybridized carbons (Fsp3) is 0.500. The van der Waals surface area contributed by atoms with Crippen molar-refractivity contribution in [2.75, 3.05) is 37.7 Å². The van der Waals surface area contributed by atoms with Crippen LogP contribution >= 0.6 is 11.6 Å². The van der Waals surface area contributed by atoms with Gasteiger partial charge in [-0.1, -0.05) is 18.5 Å². The monoisotopic (exact) mass is 542 g/mol. The van der Waals surface area contributed by atoms with Gasteiger partial charge in [-0.15, -0.1) is 0 Å². The number of aliphatic imine (C=N–C) groups is 1. The summed E-state index contributed by atoms with van der Waals surface area (Å²) in [7, 11) is 0. The number of hydrazine groups is 1. The quantitative estimate of drug-likeness (QED) is 0.318. The number of piperazine rings is 1. The molecule has 15 heteroatoms. The number of aromatic nitrogens is 2. The van der Waals surface area contributed by atoms with Crippen LogP contribution in [0.15, 0.2) is 34.7 Å². The number of nitrogens with zero attached hydrogens (tertiary/aromatic N) is 6. The van der Waals surface area contributed by atoms with E-state index in [-0.39, 0.29) is 37.2 Å². The summed E-state index contributed by atoms with van der Waals surface area (Å²) in [5.74, 6) is 5.68. The summed E-state index contributed by atoms with van der Waals surface area (Å²) in [6, 6.07) is 0.323. The Morgan fingerprint density at radius 1 is 1.35 bits per heavy atom. The van der Waals surface area contributed by atoms with Crippen molar-refractivity contribution in [1.82, 2.24) is 25.2 Å². The first-order valence-electron chi connectivity index (χ1n) is 11.6. The molecule has 3 N–H and O–H groups in total. The summed E-state index contributed by atoms with van der Waals surface area (Å²) in [4.78, 5) is 41.6. The van der Waals surface area contributed by atoms with Crippen LogP contribution in [-0.2, 0) is 9.53 Å². The lowest BCUT2D eigenvalue weighted by Gasteiger charge is -2.41. The number of carbonyl (C=O) groups is 2. The van der Waals surface area contributed by atoms with Crippen LogP contribution in [0.1, 0.15) is 25.6 Å².